The zero-order chi connectivity index (χ0) is 15.2. The van der Waals surface area contributed by atoms with Crippen molar-refractivity contribution in [2.24, 2.45) is 5.92 Å². The average molecular weight is 295 g/mol. The standard InChI is InChI=1S/C16H26FN3O/c1-4-14-11-20(7-8-21-14)16-15(17)13(5-6-19-16)10-18-9-12(2)3/h5-6,12,14,18H,4,7-11H2,1-3H3. The molecule has 1 aliphatic rings. The summed E-state index contributed by atoms with van der Waals surface area (Å²) in [6.07, 6.45) is 2.80. The van der Waals surface area contributed by atoms with Gasteiger partial charge in [-0.1, -0.05) is 20.8 Å². The summed E-state index contributed by atoms with van der Waals surface area (Å²) in [7, 11) is 0. The van der Waals surface area contributed by atoms with Crippen LogP contribution >= 0.6 is 0 Å². The van der Waals surface area contributed by atoms with Crippen LogP contribution in [0.4, 0.5) is 10.2 Å². The van der Waals surface area contributed by atoms with Crippen molar-refractivity contribution in [3.05, 3.63) is 23.6 Å². The third kappa shape index (κ3) is 4.38. The molecule has 0 aliphatic carbocycles. The van der Waals surface area contributed by atoms with Gasteiger partial charge < -0.3 is 15.0 Å². The van der Waals surface area contributed by atoms with E-state index in [0.717, 1.165) is 13.0 Å². The lowest BCUT2D eigenvalue weighted by molar-refractivity contribution is 0.0379. The molecule has 0 amide bonds. The van der Waals surface area contributed by atoms with Crippen molar-refractivity contribution in [3.8, 4) is 0 Å². The topological polar surface area (TPSA) is 37.4 Å². The fourth-order valence-corrected chi connectivity index (χ4v) is 2.48. The third-order valence-corrected chi connectivity index (χ3v) is 3.71. The van der Waals surface area contributed by atoms with Gasteiger partial charge >= 0.3 is 0 Å². The molecule has 0 saturated carbocycles. The third-order valence-electron chi connectivity index (χ3n) is 3.71. The van der Waals surface area contributed by atoms with Crippen molar-refractivity contribution in [2.45, 2.75) is 39.8 Å². The van der Waals surface area contributed by atoms with E-state index in [0.29, 0.717) is 43.5 Å². The van der Waals surface area contributed by atoms with Gasteiger partial charge in [0, 0.05) is 31.4 Å². The quantitative estimate of drug-likeness (QED) is 0.875. The van der Waals surface area contributed by atoms with E-state index in [1.54, 1.807) is 12.3 Å². The number of ether oxygens (including phenoxy) is 1. The number of hydrogen-bond donors (Lipinski definition) is 1. The number of morpholine rings is 1. The minimum absolute atomic E-state index is 0.169. The number of pyridine rings is 1. The summed E-state index contributed by atoms with van der Waals surface area (Å²) in [5.74, 6) is 0.810. The largest absolute Gasteiger partial charge is 0.375 e. The zero-order valence-electron chi connectivity index (χ0n) is 13.2. The number of halogens is 1. The Morgan fingerprint density at radius 2 is 2.33 bits per heavy atom. The van der Waals surface area contributed by atoms with Gasteiger partial charge in [0.1, 0.15) is 0 Å². The van der Waals surface area contributed by atoms with Crippen molar-refractivity contribution >= 4 is 5.82 Å². The van der Waals surface area contributed by atoms with Crippen LogP contribution in [-0.2, 0) is 11.3 Å². The van der Waals surface area contributed by atoms with E-state index in [2.05, 4.69) is 31.1 Å². The Labute approximate surface area is 126 Å². The summed E-state index contributed by atoms with van der Waals surface area (Å²) in [6, 6.07) is 1.75. The molecule has 1 fully saturated rings. The first-order valence-corrected chi connectivity index (χ1v) is 7.82. The number of nitrogens with one attached hydrogen (secondary N) is 1. The SMILES string of the molecule is CCC1CN(c2nccc(CNCC(C)C)c2F)CCO1. The van der Waals surface area contributed by atoms with Crippen LogP contribution < -0.4 is 10.2 Å². The van der Waals surface area contributed by atoms with Gasteiger partial charge in [0.05, 0.1) is 12.7 Å². The second-order valence-corrected chi connectivity index (χ2v) is 5.98. The molecule has 2 heterocycles. The second kappa shape index (κ2) is 7.71. The molecular weight excluding hydrogens is 269 g/mol. The van der Waals surface area contributed by atoms with E-state index in [1.165, 1.54) is 0 Å². The average Bonchev–Trinajstić information content (AvgIpc) is 2.49. The molecule has 0 aromatic carbocycles. The van der Waals surface area contributed by atoms with Gasteiger partial charge in [0.25, 0.3) is 0 Å². The van der Waals surface area contributed by atoms with Crippen LogP contribution in [0.2, 0.25) is 0 Å². The first-order chi connectivity index (χ1) is 10.1. The van der Waals surface area contributed by atoms with Gasteiger partial charge in [-0.05, 0) is 24.9 Å². The Morgan fingerprint density at radius 1 is 1.52 bits per heavy atom. The molecule has 1 atom stereocenters. The predicted molar refractivity (Wildman–Crippen MR) is 83.0 cm³/mol. The molecule has 5 heteroatoms. The smallest absolute Gasteiger partial charge is 0.170 e. The lowest BCUT2D eigenvalue weighted by Gasteiger charge is -2.33. The van der Waals surface area contributed by atoms with Crippen molar-refractivity contribution in [1.82, 2.24) is 10.3 Å². The molecule has 0 bridgehead atoms. The van der Waals surface area contributed by atoms with Gasteiger partial charge in [-0.25, -0.2) is 9.37 Å². The first kappa shape index (κ1) is 16.2. The number of anilines is 1. The number of aromatic nitrogens is 1. The number of hydrogen-bond acceptors (Lipinski definition) is 4. The molecule has 2 rings (SSSR count). The summed E-state index contributed by atoms with van der Waals surface area (Å²) in [5.41, 5.74) is 0.681. The molecule has 1 aliphatic heterocycles. The maximum absolute atomic E-state index is 14.6. The lowest BCUT2D eigenvalue weighted by atomic mass is 10.2. The molecule has 1 aromatic rings. The summed E-state index contributed by atoms with van der Waals surface area (Å²) >= 11 is 0. The Bertz CT molecular complexity index is 453. The number of rotatable bonds is 6. The van der Waals surface area contributed by atoms with Crippen LogP contribution in [-0.4, -0.2) is 37.3 Å². The van der Waals surface area contributed by atoms with Gasteiger partial charge in [-0.2, -0.15) is 0 Å². The maximum Gasteiger partial charge on any atom is 0.170 e. The minimum atomic E-state index is -0.203. The first-order valence-electron chi connectivity index (χ1n) is 7.82. The molecule has 118 valence electrons. The lowest BCUT2D eigenvalue weighted by Crippen LogP contribution is -2.43. The van der Waals surface area contributed by atoms with E-state index < -0.39 is 0 Å². The van der Waals surface area contributed by atoms with Gasteiger partial charge in [-0.3, -0.25) is 0 Å². The highest BCUT2D eigenvalue weighted by atomic mass is 19.1. The molecular formula is C16H26FN3O. The predicted octanol–water partition coefficient (Wildman–Crippen LogP) is 2.58. The highest BCUT2D eigenvalue weighted by molar-refractivity contribution is 5.43. The molecule has 1 N–H and O–H groups in total. The van der Waals surface area contributed by atoms with Crippen molar-refractivity contribution < 1.29 is 9.13 Å². The summed E-state index contributed by atoms with van der Waals surface area (Å²) in [6.45, 7) is 9.83. The Balaban J connectivity index is 2.06. The van der Waals surface area contributed by atoms with Crippen LogP contribution in [0.5, 0.6) is 0 Å². The van der Waals surface area contributed by atoms with E-state index >= 15 is 0 Å². The molecule has 1 unspecified atom stereocenters. The summed E-state index contributed by atoms with van der Waals surface area (Å²) in [5, 5.41) is 3.28. The van der Waals surface area contributed by atoms with Crippen LogP contribution in [0.1, 0.15) is 32.8 Å². The highest BCUT2D eigenvalue weighted by Gasteiger charge is 2.23. The molecule has 21 heavy (non-hydrogen) atoms. The van der Waals surface area contributed by atoms with Crippen LogP contribution in [0.3, 0.4) is 0 Å². The van der Waals surface area contributed by atoms with Crippen molar-refractivity contribution in [2.75, 3.05) is 31.1 Å². The van der Waals surface area contributed by atoms with Gasteiger partial charge in [0.2, 0.25) is 0 Å². The summed E-state index contributed by atoms with van der Waals surface area (Å²) in [4.78, 5) is 6.24. The monoisotopic (exact) mass is 295 g/mol. The normalized spacial score (nSPS) is 19.3. The van der Waals surface area contributed by atoms with Crippen molar-refractivity contribution in [1.29, 1.82) is 0 Å². The van der Waals surface area contributed by atoms with E-state index in [4.69, 9.17) is 4.74 Å². The minimum Gasteiger partial charge on any atom is -0.375 e. The second-order valence-electron chi connectivity index (χ2n) is 5.98. The summed E-state index contributed by atoms with van der Waals surface area (Å²) < 4.78 is 20.3. The molecule has 0 spiro atoms. The van der Waals surface area contributed by atoms with E-state index in [-0.39, 0.29) is 11.9 Å². The van der Waals surface area contributed by atoms with Crippen molar-refractivity contribution in [3.63, 3.8) is 0 Å². The van der Waals surface area contributed by atoms with Gasteiger partial charge in [-0.15, -0.1) is 0 Å². The van der Waals surface area contributed by atoms with E-state index in [1.807, 2.05) is 4.90 Å². The Kier molecular flexibility index (Phi) is 5.94. The van der Waals surface area contributed by atoms with E-state index in [9.17, 15) is 4.39 Å². The fourth-order valence-electron chi connectivity index (χ4n) is 2.48. The van der Waals surface area contributed by atoms with Crippen LogP contribution in [0, 0.1) is 11.7 Å². The van der Waals surface area contributed by atoms with Crippen LogP contribution in [0.25, 0.3) is 0 Å². The maximum atomic E-state index is 14.6. The number of nitrogens with zero attached hydrogens (tertiary/aromatic N) is 2. The Morgan fingerprint density at radius 3 is 3.05 bits per heavy atom. The highest BCUT2D eigenvalue weighted by Crippen LogP contribution is 2.22. The fraction of sp³-hybridized carbons (Fsp3) is 0.688. The zero-order valence-corrected chi connectivity index (χ0v) is 13.2. The van der Waals surface area contributed by atoms with Gasteiger partial charge in [0.15, 0.2) is 11.6 Å². The molecule has 1 saturated heterocycles. The molecule has 0 radical (unpaired) electrons. The Hall–Kier alpha value is -1.20. The molecule has 4 nitrogen and oxygen atoms in total. The van der Waals surface area contributed by atoms with Crippen LogP contribution in [0.15, 0.2) is 12.3 Å². The molecule has 1 aromatic heterocycles.